The van der Waals surface area contributed by atoms with E-state index < -0.39 is 11.6 Å². The van der Waals surface area contributed by atoms with E-state index in [1.807, 2.05) is 11.8 Å². The number of anilines is 2. The predicted molar refractivity (Wildman–Crippen MR) is 69.3 cm³/mol. The third-order valence-corrected chi connectivity index (χ3v) is 4.02. The maximum absolute atomic E-state index is 13.5. The molecule has 5 heteroatoms. The predicted octanol–water partition coefficient (Wildman–Crippen LogP) is 3.10. The van der Waals surface area contributed by atoms with Crippen molar-refractivity contribution in [1.29, 1.82) is 0 Å². The van der Waals surface area contributed by atoms with E-state index in [-0.39, 0.29) is 11.4 Å². The van der Waals surface area contributed by atoms with Gasteiger partial charge < -0.3 is 11.1 Å². The monoisotopic (exact) mass is 258 g/mol. The van der Waals surface area contributed by atoms with Crippen molar-refractivity contribution < 1.29 is 8.78 Å². The SMILES string of the molecule is Nc1cc(F)c(NCC2CCSCC2)c(F)c1. The minimum absolute atomic E-state index is 0.0579. The molecule has 0 atom stereocenters. The van der Waals surface area contributed by atoms with Gasteiger partial charge in [-0.15, -0.1) is 0 Å². The number of benzene rings is 1. The highest BCUT2D eigenvalue weighted by atomic mass is 32.2. The maximum atomic E-state index is 13.5. The second-order valence-electron chi connectivity index (χ2n) is 4.30. The van der Waals surface area contributed by atoms with Gasteiger partial charge in [0.1, 0.15) is 5.69 Å². The number of hydrogen-bond acceptors (Lipinski definition) is 3. The standard InChI is InChI=1S/C12H16F2N2S/c13-10-5-9(15)6-11(14)12(10)16-7-8-1-3-17-4-2-8/h5-6,8,16H,1-4,7,15H2. The van der Waals surface area contributed by atoms with Crippen LogP contribution in [0.1, 0.15) is 12.8 Å². The lowest BCUT2D eigenvalue weighted by molar-refractivity contribution is 0.510. The van der Waals surface area contributed by atoms with Crippen LogP contribution in [0.25, 0.3) is 0 Å². The summed E-state index contributed by atoms with van der Waals surface area (Å²) in [5.74, 6) is 1.55. The van der Waals surface area contributed by atoms with Crippen molar-refractivity contribution in [2.75, 3.05) is 29.1 Å². The van der Waals surface area contributed by atoms with Crippen LogP contribution >= 0.6 is 11.8 Å². The van der Waals surface area contributed by atoms with Crippen LogP contribution in [-0.4, -0.2) is 18.1 Å². The van der Waals surface area contributed by atoms with Gasteiger partial charge in [-0.2, -0.15) is 11.8 Å². The van der Waals surface area contributed by atoms with Gasteiger partial charge in [-0.3, -0.25) is 0 Å². The average molecular weight is 258 g/mol. The van der Waals surface area contributed by atoms with Crippen molar-refractivity contribution in [1.82, 2.24) is 0 Å². The van der Waals surface area contributed by atoms with Crippen molar-refractivity contribution in [3.05, 3.63) is 23.8 Å². The molecule has 17 heavy (non-hydrogen) atoms. The summed E-state index contributed by atoms with van der Waals surface area (Å²) in [6, 6.07) is 2.28. The van der Waals surface area contributed by atoms with Crippen molar-refractivity contribution in [3.63, 3.8) is 0 Å². The highest BCUT2D eigenvalue weighted by molar-refractivity contribution is 7.99. The fraction of sp³-hybridized carbons (Fsp3) is 0.500. The van der Waals surface area contributed by atoms with Gasteiger partial charge in [-0.05, 0) is 42.4 Å². The lowest BCUT2D eigenvalue weighted by Gasteiger charge is -2.22. The van der Waals surface area contributed by atoms with E-state index in [0.717, 1.165) is 36.5 Å². The van der Waals surface area contributed by atoms with Gasteiger partial charge in [0.25, 0.3) is 0 Å². The van der Waals surface area contributed by atoms with E-state index in [1.165, 1.54) is 0 Å². The number of rotatable bonds is 3. The zero-order valence-electron chi connectivity index (χ0n) is 9.51. The number of nitrogens with one attached hydrogen (secondary N) is 1. The Balaban J connectivity index is 1.98. The van der Waals surface area contributed by atoms with Gasteiger partial charge >= 0.3 is 0 Å². The molecule has 0 amide bonds. The van der Waals surface area contributed by atoms with Crippen molar-refractivity contribution >= 4 is 23.1 Å². The van der Waals surface area contributed by atoms with Crippen LogP contribution in [0.3, 0.4) is 0 Å². The van der Waals surface area contributed by atoms with Crippen LogP contribution in [0.4, 0.5) is 20.2 Å². The summed E-state index contributed by atoms with van der Waals surface area (Å²) in [6.45, 7) is 0.623. The number of halogens is 2. The van der Waals surface area contributed by atoms with Crippen molar-refractivity contribution in [3.8, 4) is 0 Å². The molecule has 3 N–H and O–H groups in total. The minimum Gasteiger partial charge on any atom is -0.399 e. The molecule has 1 aliphatic heterocycles. The summed E-state index contributed by atoms with van der Waals surface area (Å²) in [6.07, 6.45) is 2.21. The molecular formula is C12H16F2N2S. The second-order valence-corrected chi connectivity index (χ2v) is 5.52. The Labute approximate surface area is 104 Å². The largest absolute Gasteiger partial charge is 0.399 e. The summed E-state index contributed by atoms with van der Waals surface area (Å²) in [5, 5.41) is 2.86. The van der Waals surface area contributed by atoms with Gasteiger partial charge in [-0.25, -0.2) is 8.78 Å². The molecule has 0 spiro atoms. The summed E-state index contributed by atoms with van der Waals surface area (Å²) < 4.78 is 27.0. The molecule has 1 aromatic rings. The number of nitrogens with two attached hydrogens (primary N) is 1. The second kappa shape index (κ2) is 5.58. The van der Waals surface area contributed by atoms with Gasteiger partial charge in [0, 0.05) is 12.2 Å². The minimum atomic E-state index is -0.618. The molecule has 1 aliphatic rings. The van der Waals surface area contributed by atoms with Gasteiger partial charge in [0.2, 0.25) is 0 Å². The maximum Gasteiger partial charge on any atom is 0.151 e. The van der Waals surface area contributed by atoms with E-state index in [2.05, 4.69) is 5.32 Å². The first-order chi connectivity index (χ1) is 8.16. The third-order valence-electron chi connectivity index (χ3n) is 2.97. The molecule has 0 unspecified atom stereocenters. The average Bonchev–Trinajstić information content (AvgIpc) is 2.29. The van der Waals surface area contributed by atoms with E-state index in [9.17, 15) is 8.78 Å². The first-order valence-corrected chi connectivity index (χ1v) is 6.88. The molecule has 0 saturated carbocycles. The first-order valence-electron chi connectivity index (χ1n) is 5.73. The van der Waals surface area contributed by atoms with Gasteiger partial charge in [-0.1, -0.05) is 0 Å². The molecule has 1 heterocycles. The van der Waals surface area contributed by atoms with Crippen LogP contribution in [0.15, 0.2) is 12.1 Å². The Morgan fingerprint density at radius 3 is 2.41 bits per heavy atom. The molecule has 0 aliphatic carbocycles. The van der Waals surface area contributed by atoms with Gasteiger partial charge in [0.15, 0.2) is 11.6 Å². The Bertz CT molecular complexity index is 369. The Morgan fingerprint density at radius 1 is 1.24 bits per heavy atom. The number of nitrogen functional groups attached to an aromatic ring is 1. The molecule has 1 saturated heterocycles. The topological polar surface area (TPSA) is 38.0 Å². The highest BCUT2D eigenvalue weighted by Crippen LogP contribution is 2.25. The Hall–Kier alpha value is -0.970. The van der Waals surface area contributed by atoms with Crippen molar-refractivity contribution in [2.24, 2.45) is 5.92 Å². The smallest absolute Gasteiger partial charge is 0.151 e. The lowest BCUT2D eigenvalue weighted by Crippen LogP contribution is -2.20. The highest BCUT2D eigenvalue weighted by Gasteiger charge is 2.16. The Kier molecular flexibility index (Phi) is 4.10. The molecule has 0 aromatic heterocycles. The van der Waals surface area contributed by atoms with Gasteiger partial charge in [0.05, 0.1) is 0 Å². The number of thioether (sulfide) groups is 1. The normalized spacial score (nSPS) is 17.1. The molecule has 0 radical (unpaired) electrons. The zero-order chi connectivity index (χ0) is 12.3. The molecule has 94 valence electrons. The van der Waals surface area contributed by atoms with Crippen LogP contribution in [0.2, 0.25) is 0 Å². The molecule has 1 aromatic carbocycles. The molecular weight excluding hydrogens is 242 g/mol. The van der Waals surface area contributed by atoms with Crippen molar-refractivity contribution in [2.45, 2.75) is 12.8 Å². The van der Waals surface area contributed by atoms with Crippen LogP contribution in [0, 0.1) is 17.6 Å². The first kappa shape index (κ1) is 12.5. The van der Waals surface area contributed by atoms with E-state index in [1.54, 1.807) is 0 Å². The summed E-state index contributed by atoms with van der Waals surface area (Å²) in [4.78, 5) is 0. The molecule has 2 nitrogen and oxygen atoms in total. The lowest BCUT2D eigenvalue weighted by atomic mass is 10.0. The summed E-state index contributed by atoms with van der Waals surface area (Å²) in [5.41, 5.74) is 5.41. The van der Waals surface area contributed by atoms with Crippen LogP contribution < -0.4 is 11.1 Å². The summed E-state index contributed by atoms with van der Waals surface area (Å²) >= 11 is 1.94. The van der Waals surface area contributed by atoms with E-state index in [0.29, 0.717) is 12.5 Å². The van der Waals surface area contributed by atoms with E-state index >= 15 is 0 Å². The molecule has 1 fully saturated rings. The van der Waals surface area contributed by atoms with Crippen LogP contribution in [-0.2, 0) is 0 Å². The fourth-order valence-corrected chi connectivity index (χ4v) is 3.16. The summed E-state index contributed by atoms with van der Waals surface area (Å²) in [7, 11) is 0. The molecule has 2 rings (SSSR count). The molecule has 0 bridgehead atoms. The Morgan fingerprint density at radius 2 is 1.82 bits per heavy atom. The van der Waals surface area contributed by atoms with Crippen LogP contribution in [0.5, 0.6) is 0 Å². The fourth-order valence-electron chi connectivity index (χ4n) is 1.96. The number of hydrogen-bond donors (Lipinski definition) is 2. The quantitative estimate of drug-likeness (QED) is 0.818. The third kappa shape index (κ3) is 3.25. The zero-order valence-corrected chi connectivity index (χ0v) is 10.3. The van der Waals surface area contributed by atoms with E-state index in [4.69, 9.17) is 5.73 Å².